The molecular formula is C41H63NO14. The van der Waals surface area contributed by atoms with Crippen molar-refractivity contribution >= 4 is 23.9 Å². The minimum absolute atomic E-state index is 0.0107. The summed E-state index contributed by atoms with van der Waals surface area (Å²) in [5.74, 6) is -10.8. The molecule has 56 heavy (non-hydrogen) atoms. The number of carbonyl (C=O) groups excluding carboxylic acids is 4. The van der Waals surface area contributed by atoms with Crippen LogP contribution in [0.1, 0.15) is 107 Å². The minimum atomic E-state index is -2.38. The van der Waals surface area contributed by atoms with Crippen molar-refractivity contribution in [2.45, 2.75) is 172 Å². The van der Waals surface area contributed by atoms with E-state index >= 15 is 0 Å². The molecular weight excluding hydrogens is 730 g/mol. The van der Waals surface area contributed by atoms with Gasteiger partial charge >= 0.3 is 23.9 Å². The molecule has 7 aliphatic rings. The fourth-order valence-corrected chi connectivity index (χ4v) is 13.1. The maximum atomic E-state index is 13.9. The van der Waals surface area contributed by atoms with Crippen LogP contribution in [0.25, 0.3) is 0 Å². The lowest BCUT2D eigenvalue weighted by atomic mass is 9.48. The second-order valence-electron chi connectivity index (χ2n) is 19.2. The third-order valence-electron chi connectivity index (χ3n) is 16.0. The smallest absolute Gasteiger partial charge is 0.338 e. The van der Waals surface area contributed by atoms with Gasteiger partial charge in [-0.3, -0.25) is 19.3 Å². The molecule has 15 nitrogen and oxygen atoms in total. The number of aliphatic hydroxyl groups excluding tert-OH is 1. The topological polar surface area (TPSA) is 219 Å². The van der Waals surface area contributed by atoms with Crippen LogP contribution < -0.4 is 0 Å². The quantitative estimate of drug-likeness (QED) is 0.174. The van der Waals surface area contributed by atoms with Crippen LogP contribution in [0.2, 0.25) is 0 Å². The van der Waals surface area contributed by atoms with Crippen LogP contribution >= 0.6 is 0 Å². The van der Waals surface area contributed by atoms with E-state index in [1.165, 1.54) is 20.8 Å². The number of esters is 4. The largest absolute Gasteiger partial charge is 0.458 e. The lowest BCUT2D eigenvalue weighted by Crippen LogP contribution is -2.78. The number of fused-ring (bicyclic) bond motifs is 5. The summed E-state index contributed by atoms with van der Waals surface area (Å²) in [4.78, 5) is 55.6. The third-order valence-corrected chi connectivity index (χ3v) is 16.0. The monoisotopic (exact) mass is 793 g/mol. The van der Waals surface area contributed by atoms with Gasteiger partial charge in [-0.25, -0.2) is 4.79 Å². The highest BCUT2D eigenvalue weighted by molar-refractivity contribution is 5.79. The van der Waals surface area contributed by atoms with Crippen molar-refractivity contribution in [2.75, 3.05) is 13.1 Å². The first-order valence-electron chi connectivity index (χ1n) is 20.7. The van der Waals surface area contributed by atoms with Crippen molar-refractivity contribution in [3.05, 3.63) is 0 Å². The molecule has 1 spiro atoms. The molecule has 0 aromatic heterocycles. The Morgan fingerprint density at radius 1 is 0.929 bits per heavy atom. The summed E-state index contributed by atoms with van der Waals surface area (Å²) < 4.78 is 31.3. The number of hydrogen-bond donors (Lipinski definition) is 5. The maximum absolute atomic E-state index is 13.9. The molecule has 0 radical (unpaired) electrons. The first-order chi connectivity index (χ1) is 26.0. The highest BCUT2D eigenvalue weighted by atomic mass is 16.7. The van der Waals surface area contributed by atoms with Gasteiger partial charge in [0.2, 0.25) is 5.79 Å². The molecule has 5 N–H and O–H groups in total. The SMILES string of the molecule is CC[C@@H](C)C(=O)O[C@H]1[C@H](O)[C@H]2[C@@H](CN3C[C@@H](C)CC[C@H]3[C@@]2(C)O)[C@@H]2C[C@]34O[C@@]5(O)[C@@H](OC(=O)[C@](C)(O)CC)CC[C@@]3(C)[C@@H]5[C@@H](OC(C)=O)[C@@H](OC(C)=O)[C@H]4[C@@]21O. The lowest BCUT2D eigenvalue weighted by molar-refractivity contribution is -0.301. The fourth-order valence-electron chi connectivity index (χ4n) is 13.1. The van der Waals surface area contributed by atoms with Crippen LogP contribution in [-0.4, -0.2) is 132 Å². The molecule has 3 heterocycles. The Labute approximate surface area is 328 Å². The Balaban J connectivity index is 1.45. The van der Waals surface area contributed by atoms with Crippen molar-refractivity contribution in [1.29, 1.82) is 0 Å². The fraction of sp³-hybridized carbons (Fsp3) is 0.902. The van der Waals surface area contributed by atoms with Crippen LogP contribution in [-0.2, 0) is 42.9 Å². The molecule has 0 unspecified atom stereocenters. The minimum Gasteiger partial charge on any atom is -0.458 e. The average molecular weight is 794 g/mol. The maximum Gasteiger partial charge on any atom is 0.338 e. The molecule has 15 heteroatoms. The van der Waals surface area contributed by atoms with E-state index in [4.69, 9.17) is 23.7 Å². The van der Waals surface area contributed by atoms with Gasteiger partial charge in [0.25, 0.3) is 0 Å². The van der Waals surface area contributed by atoms with Crippen molar-refractivity contribution in [3.63, 3.8) is 0 Å². The number of aliphatic hydroxyl groups is 5. The predicted molar refractivity (Wildman–Crippen MR) is 195 cm³/mol. The van der Waals surface area contributed by atoms with E-state index in [0.29, 0.717) is 31.8 Å². The Kier molecular flexibility index (Phi) is 10.1. The zero-order chi connectivity index (χ0) is 41.3. The Bertz CT molecular complexity index is 1620. The molecule has 3 saturated heterocycles. The van der Waals surface area contributed by atoms with Crippen molar-refractivity contribution in [3.8, 4) is 0 Å². The lowest BCUT2D eigenvalue weighted by Gasteiger charge is -2.64. The molecule has 19 atom stereocenters. The van der Waals surface area contributed by atoms with E-state index in [9.17, 15) is 44.7 Å². The van der Waals surface area contributed by atoms with E-state index in [0.717, 1.165) is 6.42 Å². The van der Waals surface area contributed by atoms with Crippen molar-refractivity contribution in [2.24, 2.45) is 46.8 Å². The predicted octanol–water partition coefficient (Wildman–Crippen LogP) is 1.61. The van der Waals surface area contributed by atoms with Gasteiger partial charge in [0.1, 0.15) is 17.8 Å². The highest BCUT2D eigenvalue weighted by Crippen LogP contribution is 2.78. The van der Waals surface area contributed by atoms with Crippen molar-refractivity contribution in [1.82, 2.24) is 4.90 Å². The molecule has 4 aliphatic carbocycles. The number of nitrogens with zero attached hydrogens (tertiary/aromatic N) is 1. The van der Waals surface area contributed by atoms with Crippen LogP contribution in [0.5, 0.6) is 0 Å². The summed E-state index contributed by atoms with van der Waals surface area (Å²) in [5.41, 5.74) is -8.37. The second kappa shape index (κ2) is 13.6. The summed E-state index contributed by atoms with van der Waals surface area (Å²) in [5, 5.41) is 62.9. The molecule has 0 amide bonds. The summed E-state index contributed by atoms with van der Waals surface area (Å²) in [6.45, 7) is 15.5. The Morgan fingerprint density at radius 2 is 1.55 bits per heavy atom. The van der Waals surface area contributed by atoms with Gasteiger partial charge < -0.3 is 49.2 Å². The van der Waals surface area contributed by atoms with Crippen molar-refractivity contribution < 1.29 is 68.4 Å². The van der Waals surface area contributed by atoms with Gasteiger partial charge in [-0.2, -0.15) is 0 Å². The molecule has 7 fully saturated rings. The number of piperidine rings is 2. The summed E-state index contributed by atoms with van der Waals surface area (Å²) >= 11 is 0. The van der Waals surface area contributed by atoms with Crippen LogP contribution in [0, 0.1) is 46.8 Å². The molecule has 4 bridgehead atoms. The van der Waals surface area contributed by atoms with E-state index in [1.54, 1.807) is 20.8 Å². The van der Waals surface area contributed by atoms with Gasteiger partial charge in [-0.1, -0.05) is 34.6 Å². The van der Waals surface area contributed by atoms with Gasteiger partial charge in [-0.15, -0.1) is 0 Å². The first kappa shape index (κ1) is 41.7. The van der Waals surface area contributed by atoms with Gasteiger partial charge in [0.15, 0.2) is 17.8 Å². The summed E-state index contributed by atoms with van der Waals surface area (Å²) in [6, 6.07) is -0.309. The van der Waals surface area contributed by atoms with Gasteiger partial charge in [0.05, 0.1) is 35.1 Å². The van der Waals surface area contributed by atoms with E-state index < -0.39 is 124 Å². The molecule has 7 rings (SSSR count). The summed E-state index contributed by atoms with van der Waals surface area (Å²) in [6.07, 6.45) is -5.31. The Hall–Kier alpha value is -2.40. The van der Waals surface area contributed by atoms with Crippen LogP contribution in [0.3, 0.4) is 0 Å². The molecule has 0 aromatic carbocycles. The average Bonchev–Trinajstić information content (AvgIpc) is 3.40. The number of rotatable bonds is 8. The zero-order valence-corrected chi connectivity index (χ0v) is 34.2. The Morgan fingerprint density at radius 3 is 2.14 bits per heavy atom. The molecule has 0 aromatic rings. The van der Waals surface area contributed by atoms with E-state index in [-0.39, 0.29) is 31.7 Å². The standard InChI is InChI=1S/C41H63NO14/c1-10-20(4)34(46)55-33-28(45)27-23(18-42-17-19(3)12-13-25(42)38(27,9)49)24-16-39-32(40(24,33)50)30(53-22(6)44)29(52-21(5)43)31-36(39,7)15-14-26(41(31,51)56-39)54-35(47)37(8,48)11-2/h19-20,23-33,45,48-51H,10-18H2,1-9H3/t19-,20+,23-,24-,25-,26-,27+,28+,29-,30+,31-,32+,33-,36-,37+,38+,39+,40-,41-/m0/s1. The number of ether oxygens (including phenoxy) is 5. The normalized spacial score (nSPS) is 50.5. The molecule has 4 saturated carbocycles. The highest BCUT2D eigenvalue weighted by Gasteiger charge is 2.90. The van der Waals surface area contributed by atoms with Gasteiger partial charge in [-0.05, 0) is 76.5 Å². The number of hydrogen-bond acceptors (Lipinski definition) is 15. The first-order valence-corrected chi connectivity index (χ1v) is 20.7. The van der Waals surface area contributed by atoms with Crippen LogP contribution in [0.4, 0.5) is 0 Å². The van der Waals surface area contributed by atoms with E-state index in [2.05, 4.69) is 11.8 Å². The molecule has 316 valence electrons. The van der Waals surface area contributed by atoms with Crippen LogP contribution in [0.15, 0.2) is 0 Å². The zero-order valence-electron chi connectivity index (χ0n) is 34.2. The third kappa shape index (κ3) is 5.60. The second-order valence-corrected chi connectivity index (χ2v) is 19.2. The van der Waals surface area contributed by atoms with Gasteiger partial charge in [0, 0.05) is 44.3 Å². The summed E-state index contributed by atoms with van der Waals surface area (Å²) in [7, 11) is 0. The number of carbonyl (C=O) groups is 4. The molecule has 3 aliphatic heterocycles. The van der Waals surface area contributed by atoms with E-state index in [1.807, 2.05) is 13.8 Å².